The van der Waals surface area contributed by atoms with Crippen LogP contribution in [0.15, 0.2) is 12.3 Å². The summed E-state index contributed by atoms with van der Waals surface area (Å²) in [6, 6.07) is -0.288. The van der Waals surface area contributed by atoms with Crippen LogP contribution >= 0.6 is 0 Å². The highest BCUT2D eigenvalue weighted by atomic mass is 16.2. The molecule has 1 atom stereocenters. The first-order chi connectivity index (χ1) is 5.16. The summed E-state index contributed by atoms with van der Waals surface area (Å²) >= 11 is 0. The Bertz CT molecular complexity index is 191. The van der Waals surface area contributed by atoms with Gasteiger partial charge in [-0.25, -0.2) is 4.79 Å². The molecule has 5 nitrogen and oxygen atoms in total. The summed E-state index contributed by atoms with van der Waals surface area (Å²) in [5, 5.41) is 5.00. The van der Waals surface area contributed by atoms with Crippen molar-refractivity contribution in [2.75, 3.05) is 6.54 Å². The second kappa shape index (κ2) is 2.89. The molecular formula is C6H12N4O. The molecule has 62 valence electrons. The number of urea groups is 1. The number of nitrogens with two attached hydrogens (primary N) is 2. The van der Waals surface area contributed by atoms with E-state index in [1.54, 1.807) is 6.08 Å². The van der Waals surface area contributed by atoms with Crippen LogP contribution in [0.4, 0.5) is 4.79 Å². The minimum atomic E-state index is -0.767. The third-order valence-electron chi connectivity index (χ3n) is 1.50. The van der Waals surface area contributed by atoms with Crippen LogP contribution in [0.2, 0.25) is 0 Å². The van der Waals surface area contributed by atoms with Gasteiger partial charge in [0.05, 0.1) is 0 Å². The SMILES string of the molecule is NCCC1(N)C=CNC(=O)N1. The summed E-state index contributed by atoms with van der Waals surface area (Å²) in [7, 11) is 0. The van der Waals surface area contributed by atoms with Gasteiger partial charge in [-0.1, -0.05) is 0 Å². The molecule has 0 aliphatic carbocycles. The zero-order valence-corrected chi connectivity index (χ0v) is 6.13. The molecule has 0 saturated carbocycles. The van der Waals surface area contributed by atoms with E-state index in [0.717, 1.165) is 0 Å². The van der Waals surface area contributed by atoms with Crippen LogP contribution in [0.3, 0.4) is 0 Å². The van der Waals surface area contributed by atoms with Gasteiger partial charge in [0.15, 0.2) is 0 Å². The Morgan fingerprint density at radius 1 is 1.64 bits per heavy atom. The maximum atomic E-state index is 10.8. The van der Waals surface area contributed by atoms with Crippen LogP contribution in [0, 0.1) is 0 Å². The quantitative estimate of drug-likeness (QED) is 0.405. The molecule has 2 amide bonds. The highest BCUT2D eigenvalue weighted by molar-refractivity contribution is 5.77. The largest absolute Gasteiger partial charge is 0.330 e. The van der Waals surface area contributed by atoms with E-state index in [2.05, 4.69) is 10.6 Å². The normalized spacial score (nSPS) is 29.5. The van der Waals surface area contributed by atoms with E-state index in [0.29, 0.717) is 13.0 Å². The predicted octanol–water partition coefficient (Wildman–Crippen LogP) is -1.18. The number of amides is 2. The van der Waals surface area contributed by atoms with Gasteiger partial charge in [0, 0.05) is 6.20 Å². The van der Waals surface area contributed by atoms with E-state index < -0.39 is 5.66 Å². The van der Waals surface area contributed by atoms with Crippen molar-refractivity contribution in [2.45, 2.75) is 12.1 Å². The van der Waals surface area contributed by atoms with E-state index >= 15 is 0 Å². The smallest absolute Gasteiger partial charge is 0.320 e. The molecule has 1 rings (SSSR count). The fraction of sp³-hybridized carbons (Fsp3) is 0.500. The average molecular weight is 156 g/mol. The molecule has 0 saturated heterocycles. The van der Waals surface area contributed by atoms with Crippen molar-refractivity contribution in [3.63, 3.8) is 0 Å². The number of hydrogen-bond acceptors (Lipinski definition) is 3. The Hall–Kier alpha value is -1.07. The number of rotatable bonds is 2. The molecule has 1 heterocycles. The summed E-state index contributed by atoms with van der Waals surface area (Å²) in [5.41, 5.74) is 10.3. The van der Waals surface area contributed by atoms with Gasteiger partial charge in [-0.2, -0.15) is 0 Å². The van der Waals surface area contributed by atoms with E-state index in [-0.39, 0.29) is 6.03 Å². The summed E-state index contributed by atoms with van der Waals surface area (Å²) in [5.74, 6) is 0. The molecule has 0 aromatic heterocycles. The van der Waals surface area contributed by atoms with Gasteiger partial charge < -0.3 is 22.1 Å². The van der Waals surface area contributed by atoms with Gasteiger partial charge in [-0.15, -0.1) is 0 Å². The van der Waals surface area contributed by atoms with Crippen LogP contribution in [-0.4, -0.2) is 18.2 Å². The van der Waals surface area contributed by atoms with Crippen molar-refractivity contribution in [2.24, 2.45) is 11.5 Å². The third kappa shape index (κ3) is 1.92. The Morgan fingerprint density at radius 3 is 2.91 bits per heavy atom. The zero-order chi connectivity index (χ0) is 8.32. The molecule has 6 N–H and O–H groups in total. The molecule has 11 heavy (non-hydrogen) atoms. The lowest BCUT2D eigenvalue weighted by atomic mass is 10.1. The van der Waals surface area contributed by atoms with Crippen LogP contribution in [0.25, 0.3) is 0 Å². The summed E-state index contributed by atoms with van der Waals surface area (Å²) in [6.45, 7) is 0.446. The molecule has 0 radical (unpaired) electrons. The molecule has 5 heteroatoms. The average Bonchev–Trinajstić information content (AvgIpc) is 1.86. The summed E-state index contributed by atoms with van der Waals surface area (Å²) in [6.07, 6.45) is 3.74. The third-order valence-corrected chi connectivity index (χ3v) is 1.50. The topological polar surface area (TPSA) is 93.2 Å². The molecule has 0 aromatic carbocycles. The van der Waals surface area contributed by atoms with Crippen molar-refractivity contribution >= 4 is 6.03 Å². The van der Waals surface area contributed by atoms with Gasteiger partial charge in [-0.3, -0.25) is 0 Å². The highest BCUT2D eigenvalue weighted by Crippen LogP contribution is 2.05. The molecule has 0 bridgehead atoms. The molecule has 0 aromatic rings. The minimum absolute atomic E-state index is 0.288. The summed E-state index contributed by atoms with van der Waals surface area (Å²) in [4.78, 5) is 10.8. The van der Waals surface area contributed by atoms with E-state index in [1.807, 2.05) is 0 Å². The first-order valence-corrected chi connectivity index (χ1v) is 3.42. The van der Waals surface area contributed by atoms with Gasteiger partial charge in [0.25, 0.3) is 0 Å². The fourth-order valence-electron chi connectivity index (χ4n) is 0.940. The first-order valence-electron chi connectivity index (χ1n) is 3.42. The van der Waals surface area contributed by atoms with Gasteiger partial charge in [0.2, 0.25) is 0 Å². The Kier molecular flexibility index (Phi) is 2.11. The molecule has 1 aliphatic rings. The number of hydrogen-bond donors (Lipinski definition) is 4. The molecular weight excluding hydrogens is 144 g/mol. The van der Waals surface area contributed by atoms with Crippen molar-refractivity contribution in [1.29, 1.82) is 0 Å². The second-order valence-corrected chi connectivity index (χ2v) is 2.51. The molecule has 1 aliphatic heterocycles. The number of carbonyl (C=O) groups excluding carboxylic acids is 1. The lowest BCUT2D eigenvalue weighted by molar-refractivity contribution is 0.231. The predicted molar refractivity (Wildman–Crippen MR) is 41.4 cm³/mol. The highest BCUT2D eigenvalue weighted by Gasteiger charge is 2.25. The van der Waals surface area contributed by atoms with E-state index in [4.69, 9.17) is 11.5 Å². The van der Waals surface area contributed by atoms with Crippen molar-refractivity contribution in [1.82, 2.24) is 10.6 Å². The van der Waals surface area contributed by atoms with Gasteiger partial charge >= 0.3 is 6.03 Å². The lowest BCUT2D eigenvalue weighted by Crippen LogP contribution is -2.60. The Balaban J connectivity index is 2.62. The van der Waals surface area contributed by atoms with Crippen LogP contribution < -0.4 is 22.1 Å². The van der Waals surface area contributed by atoms with Crippen LogP contribution in [0.5, 0.6) is 0 Å². The fourth-order valence-corrected chi connectivity index (χ4v) is 0.940. The van der Waals surface area contributed by atoms with E-state index in [1.165, 1.54) is 6.20 Å². The molecule has 1 unspecified atom stereocenters. The van der Waals surface area contributed by atoms with Crippen molar-refractivity contribution < 1.29 is 4.79 Å². The Morgan fingerprint density at radius 2 is 2.36 bits per heavy atom. The zero-order valence-electron chi connectivity index (χ0n) is 6.13. The lowest BCUT2D eigenvalue weighted by Gasteiger charge is -2.29. The Labute approximate surface area is 64.8 Å². The first kappa shape index (κ1) is 8.03. The van der Waals surface area contributed by atoms with Crippen molar-refractivity contribution in [3.8, 4) is 0 Å². The van der Waals surface area contributed by atoms with E-state index in [9.17, 15) is 4.79 Å². The maximum Gasteiger partial charge on any atom is 0.320 e. The summed E-state index contributed by atoms with van der Waals surface area (Å²) < 4.78 is 0. The molecule has 0 spiro atoms. The molecule has 0 fully saturated rings. The number of nitrogens with one attached hydrogen (secondary N) is 2. The number of carbonyl (C=O) groups is 1. The van der Waals surface area contributed by atoms with Crippen LogP contribution in [0.1, 0.15) is 6.42 Å². The van der Waals surface area contributed by atoms with Gasteiger partial charge in [0.1, 0.15) is 5.66 Å². The standard InChI is InChI=1S/C6H12N4O/c7-3-1-6(8)2-4-9-5(11)10-6/h2,4H,1,3,7-8H2,(H2,9,10,11). The van der Waals surface area contributed by atoms with Gasteiger partial charge in [-0.05, 0) is 19.0 Å². The van der Waals surface area contributed by atoms with Crippen molar-refractivity contribution in [3.05, 3.63) is 12.3 Å². The monoisotopic (exact) mass is 156 g/mol. The second-order valence-electron chi connectivity index (χ2n) is 2.51. The minimum Gasteiger partial charge on any atom is -0.330 e. The maximum absolute atomic E-state index is 10.8. The van der Waals surface area contributed by atoms with Crippen LogP contribution in [-0.2, 0) is 0 Å².